The number of carbonyl (C=O) groups is 2. The van der Waals surface area contributed by atoms with Crippen molar-refractivity contribution in [2.24, 2.45) is 5.14 Å². The van der Waals surface area contributed by atoms with Gasteiger partial charge in [-0.1, -0.05) is 11.6 Å². The quantitative estimate of drug-likeness (QED) is 0.801. The molecular formula is C10H10ClNO6S. The van der Waals surface area contributed by atoms with Crippen molar-refractivity contribution in [3.05, 3.63) is 28.8 Å². The SMILES string of the molecule is COC(=O)COC(=O)c1ccc(Cl)c(S(N)(=O)=O)c1. The molecule has 0 unspecified atom stereocenters. The fourth-order valence-electron chi connectivity index (χ4n) is 1.12. The normalized spacial score (nSPS) is 10.9. The predicted molar refractivity (Wildman–Crippen MR) is 65.1 cm³/mol. The summed E-state index contributed by atoms with van der Waals surface area (Å²) in [6.45, 7) is -0.581. The summed E-state index contributed by atoms with van der Waals surface area (Å²) in [6.07, 6.45) is 0. The molecule has 19 heavy (non-hydrogen) atoms. The number of esters is 2. The maximum Gasteiger partial charge on any atom is 0.344 e. The van der Waals surface area contributed by atoms with Crippen LogP contribution >= 0.6 is 11.6 Å². The zero-order chi connectivity index (χ0) is 14.6. The molecule has 9 heteroatoms. The minimum absolute atomic E-state index is 0.0997. The van der Waals surface area contributed by atoms with E-state index in [9.17, 15) is 18.0 Å². The van der Waals surface area contributed by atoms with Crippen molar-refractivity contribution in [2.75, 3.05) is 13.7 Å². The first-order valence-corrected chi connectivity index (χ1v) is 6.74. The lowest BCUT2D eigenvalue weighted by Crippen LogP contribution is -2.17. The van der Waals surface area contributed by atoms with Gasteiger partial charge in [0.05, 0.1) is 17.7 Å². The van der Waals surface area contributed by atoms with E-state index in [1.54, 1.807) is 0 Å². The molecule has 0 aliphatic carbocycles. The number of halogens is 1. The molecule has 104 valence electrons. The largest absolute Gasteiger partial charge is 0.466 e. The molecule has 0 aliphatic heterocycles. The third-order valence-corrected chi connectivity index (χ3v) is 3.41. The molecule has 7 nitrogen and oxygen atoms in total. The highest BCUT2D eigenvalue weighted by Gasteiger charge is 2.17. The Morgan fingerprint density at radius 3 is 2.53 bits per heavy atom. The van der Waals surface area contributed by atoms with Gasteiger partial charge in [-0.25, -0.2) is 23.1 Å². The average Bonchev–Trinajstić information content (AvgIpc) is 2.34. The van der Waals surface area contributed by atoms with Crippen LogP contribution in [0.3, 0.4) is 0 Å². The highest BCUT2D eigenvalue weighted by molar-refractivity contribution is 7.89. The Morgan fingerprint density at radius 2 is 2.00 bits per heavy atom. The molecule has 0 spiro atoms. The molecule has 0 saturated carbocycles. The van der Waals surface area contributed by atoms with E-state index < -0.39 is 33.5 Å². The van der Waals surface area contributed by atoms with Crippen LogP contribution < -0.4 is 5.14 Å². The number of methoxy groups -OCH3 is 1. The topological polar surface area (TPSA) is 113 Å². The first-order chi connectivity index (χ1) is 8.75. The number of hydrogen-bond donors (Lipinski definition) is 1. The fraction of sp³-hybridized carbons (Fsp3) is 0.200. The van der Waals surface area contributed by atoms with Crippen molar-refractivity contribution in [2.45, 2.75) is 4.90 Å². The van der Waals surface area contributed by atoms with E-state index in [2.05, 4.69) is 9.47 Å². The van der Waals surface area contributed by atoms with Gasteiger partial charge in [-0.15, -0.1) is 0 Å². The van der Waals surface area contributed by atoms with Gasteiger partial charge < -0.3 is 9.47 Å². The molecule has 2 N–H and O–H groups in total. The van der Waals surface area contributed by atoms with E-state index in [-0.39, 0.29) is 10.6 Å². The maximum atomic E-state index is 11.5. The molecule has 0 amide bonds. The summed E-state index contributed by atoms with van der Waals surface area (Å²) in [5.41, 5.74) is -0.0997. The van der Waals surface area contributed by atoms with Gasteiger partial charge in [0.25, 0.3) is 0 Å². The van der Waals surface area contributed by atoms with Crippen molar-refractivity contribution in [1.82, 2.24) is 0 Å². The predicted octanol–water partition coefficient (Wildman–Crippen LogP) is 0.317. The van der Waals surface area contributed by atoms with Crippen molar-refractivity contribution in [3.8, 4) is 0 Å². The van der Waals surface area contributed by atoms with E-state index in [0.717, 1.165) is 13.2 Å². The Balaban J connectivity index is 2.97. The van der Waals surface area contributed by atoms with Crippen molar-refractivity contribution in [3.63, 3.8) is 0 Å². The van der Waals surface area contributed by atoms with Crippen LogP contribution in [0.5, 0.6) is 0 Å². The highest BCUT2D eigenvalue weighted by atomic mass is 35.5. The Morgan fingerprint density at radius 1 is 1.37 bits per heavy atom. The average molecular weight is 308 g/mol. The van der Waals surface area contributed by atoms with E-state index in [0.29, 0.717) is 0 Å². The lowest BCUT2D eigenvalue weighted by molar-refractivity contribution is -0.144. The van der Waals surface area contributed by atoms with Crippen LogP contribution in [0.15, 0.2) is 23.1 Å². The van der Waals surface area contributed by atoms with E-state index in [4.69, 9.17) is 16.7 Å². The summed E-state index contributed by atoms with van der Waals surface area (Å²) in [4.78, 5) is 21.9. The molecule has 0 atom stereocenters. The standard InChI is InChI=1S/C10H10ClNO6S/c1-17-9(13)5-18-10(14)6-2-3-7(11)8(4-6)19(12,15)16/h2-4H,5H2,1H3,(H2,12,15,16). The second-order valence-corrected chi connectivity index (χ2v) is 5.28. The third-order valence-electron chi connectivity index (χ3n) is 2.02. The molecule has 1 aromatic carbocycles. The molecule has 1 aromatic rings. The van der Waals surface area contributed by atoms with Crippen LogP contribution in [0.4, 0.5) is 0 Å². The molecule has 0 fully saturated rings. The number of sulfonamides is 1. The first-order valence-electron chi connectivity index (χ1n) is 4.82. The summed E-state index contributed by atoms with van der Waals surface area (Å²) in [5, 5.41) is 4.81. The van der Waals surface area contributed by atoms with Crippen LogP contribution in [0.1, 0.15) is 10.4 Å². The molecular weight excluding hydrogens is 298 g/mol. The van der Waals surface area contributed by atoms with Crippen LogP contribution in [0.2, 0.25) is 5.02 Å². The molecule has 0 aromatic heterocycles. The smallest absolute Gasteiger partial charge is 0.344 e. The molecule has 0 heterocycles. The lowest BCUT2D eigenvalue weighted by atomic mass is 10.2. The fourth-order valence-corrected chi connectivity index (χ4v) is 2.19. The van der Waals surface area contributed by atoms with Gasteiger partial charge in [-0.3, -0.25) is 0 Å². The zero-order valence-corrected chi connectivity index (χ0v) is 11.3. The second kappa shape index (κ2) is 6.00. The Kier molecular flexibility index (Phi) is 4.87. The highest BCUT2D eigenvalue weighted by Crippen LogP contribution is 2.21. The van der Waals surface area contributed by atoms with Crippen molar-refractivity contribution in [1.29, 1.82) is 0 Å². The van der Waals surface area contributed by atoms with Gasteiger partial charge >= 0.3 is 11.9 Å². The maximum absolute atomic E-state index is 11.5. The molecule has 0 radical (unpaired) electrons. The van der Waals surface area contributed by atoms with Crippen LogP contribution in [0, 0.1) is 0 Å². The summed E-state index contributed by atoms with van der Waals surface area (Å²) in [5.74, 6) is -1.64. The monoisotopic (exact) mass is 307 g/mol. The summed E-state index contributed by atoms with van der Waals surface area (Å²) in [7, 11) is -2.92. The number of primary sulfonamides is 1. The van der Waals surface area contributed by atoms with E-state index in [1.807, 2.05) is 0 Å². The van der Waals surface area contributed by atoms with Gasteiger partial charge in [0, 0.05) is 0 Å². The molecule has 0 bridgehead atoms. The Bertz CT molecular complexity index is 612. The number of carbonyl (C=O) groups excluding carboxylic acids is 2. The number of rotatable bonds is 4. The molecule has 0 saturated heterocycles. The number of benzene rings is 1. The molecule has 1 rings (SSSR count). The second-order valence-electron chi connectivity index (χ2n) is 3.34. The Hall–Kier alpha value is -1.64. The van der Waals surface area contributed by atoms with Crippen LogP contribution in [-0.2, 0) is 24.3 Å². The number of hydrogen-bond acceptors (Lipinski definition) is 6. The minimum Gasteiger partial charge on any atom is -0.466 e. The van der Waals surface area contributed by atoms with E-state index in [1.165, 1.54) is 12.1 Å². The van der Waals surface area contributed by atoms with Gasteiger partial charge in [-0.05, 0) is 18.2 Å². The summed E-state index contributed by atoms with van der Waals surface area (Å²) < 4.78 is 31.3. The zero-order valence-electron chi connectivity index (χ0n) is 9.75. The summed E-state index contributed by atoms with van der Waals surface area (Å²) in [6, 6.07) is 3.41. The summed E-state index contributed by atoms with van der Waals surface area (Å²) >= 11 is 5.65. The molecule has 0 aliphatic rings. The first kappa shape index (κ1) is 15.4. The number of nitrogens with two attached hydrogens (primary N) is 1. The van der Waals surface area contributed by atoms with Gasteiger partial charge in [-0.2, -0.15) is 0 Å². The van der Waals surface area contributed by atoms with Gasteiger partial charge in [0.2, 0.25) is 10.0 Å². The van der Waals surface area contributed by atoms with Crippen molar-refractivity contribution >= 4 is 33.6 Å². The van der Waals surface area contributed by atoms with Gasteiger partial charge in [0.1, 0.15) is 4.90 Å². The van der Waals surface area contributed by atoms with Crippen LogP contribution in [-0.4, -0.2) is 34.1 Å². The van der Waals surface area contributed by atoms with Gasteiger partial charge in [0.15, 0.2) is 6.61 Å². The lowest BCUT2D eigenvalue weighted by Gasteiger charge is -2.06. The van der Waals surface area contributed by atoms with Crippen LogP contribution in [0.25, 0.3) is 0 Å². The number of ether oxygens (including phenoxy) is 2. The van der Waals surface area contributed by atoms with E-state index >= 15 is 0 Å². The third kappa shape index (κ3) is 4.19. The van der Waals surface area contributed by atoms with Crippen molar-refractivity contribution < 1.29 is 27.5 Å². The Labute approximate surface area is 114 Å². The minimum atomic E-state index is -4.06.